The third-order valence-corrected chi connectivity index (χ3v) is 9.91. The van der Waals surface area contributed by atoms with Crippen molar-refractivity contribution < 1.29 is 9.53 Å². The van der Waals surface area contributed by atoms with E-state index in [1.165, 1.54) is 179 Å². The topological polar surface area (TPSA) is 26.3 Å². The number of hydrogen-bond acceptors (Lipinski definition) is 2. The van der Waals surface area contributed by atoms with Crippen molar-refractivity contribution in [1.29, 1.82) is 0 Å². The van der Waals surface area contributed by atoms with Crippen LogP contribution >= 0.6 is 0 Å². The Bertz CT molecular complexity index is 577. The second kappa shape index (κ2) is 19.3. The summed E-state index contributed by atoms with van der Waals surface area (Å²) in [5.41, 5.74) is 2.85. The van der Waals surface area contributed by atoms with Gasteiger partial charge >= 0.3 is 5.97 Å². The van der Waals surface area contributed by atoms with Gasteiger partial charge in [-0.2, -0.15) is 0 Å². The van der Waals surface area contributed by atoms with Crippen LogP contribution in [0, 0.1) is 17.8 Å². The van der Waals surface area contributed by atoms with E-state index in [0.717, 1.165) is 0 Å². The van der Waals surface area contributed by atoms with Crippen LogP contribution in [-0.2, 0) is 9.53 Å². The van der Waals surface area contributed by atoms with Crippen LogP contribution in [0.2, 0.25) is 0 Å². The second-order valence-electron chi connectivity index (χ2n) is 12.8. The molecule has 0 aliphatic heterocycles. The minimum Gasteiger partial charge on any atom is -0.463 e. The van der Waals surface area contributed by atoms with Crippen molar-refractivity contribution in [2.75, 3.05) is 6.61 Å². The fourth-order valence-corrected chi connectivity index (χ4v) is 7.84. The summed E-state index contributed by atoms with van der Waals surface area (Å²) < 4.78 is 5.95. The van der Waals surface area contributed by atoms with Gasteiger partial charge in [0.15, 0.2) is 0 Å². The lowest BCUT2D eigenvalue weighted by Crippen LogP contribution is -2.26. The Hall–Kier alpha value is -0.790. The third-order valence-electron chi connectivity index (χ3n) is 9.91. The fourth-order valence-electron chi connectivity index (χ4n) is 7.84. The predicted molar refractivity (Wildman–Crippen MR) is 159 cm³/mol. The molecule has 3 rings (SSSR count). The first kappa shape index (κ1) is 30.7. The number of carbonyl (C=O) groups is 1. The molecule has 3 aliphatic rings. The van der Waals surface area contributed by atoms with Gasteiger partial charge in [0.2, 0.25) is 0 Å². The van der Waals surface area contributed by atoms with E-state index in [4.69, 9.17) is 4.74 Å². The lowest BCUT2D eigenvalue weighted by atomic mass is 9.71. The number of allylic oxidation sites excluding steroid dienone is 1. The molecule has 0 atom stereocenters. The predicted octanol–water partition coefficient (Wildman–Crippen LogP) is 11.3. The molecule has 0 spiro atoms. The Balaban J connectivity index is 2.02. The standard InChI is InChI=1S/C35H62O2/c1-2-37-35(36)34(32-28-22-16-10-5-11-17-23-29-32)33(30-24-18-12-6-3-7-13-19-25-30)31-26-20-14-8-4-9-15-21-27-31/h30-32H,2-29H2,1H3. The molecule has 0 unspecified atom stereocenters. The van der Waals surface area contributed by atoms with Crippen LogP contribution in [0.15, 0.2) is 11.1 Å². The zero-order chi connectivity index (χ0) is 26.0. The highest BCUT2D eigenvalue weighted by molar-refractivity contribution is 5.90. The molecule has 0 N–H and O–H groups in total. The van der Waals surface area contributed by atoms with Crippen molar-refractivity contribution in [3.63, 3.8) is 0 Å². The number of ether oxygens (including phenoxy) is 1. The van der Waals surface area contributed by atoms with E-state index < -0.39 is 0 Å². The van der Waals surface area contributed by atoms with E-state index in [1.807, 2.05) is 6.92 Å². The lowest BCUT2D eigenvalue weighted by Gasteiger charge is -2.34. The van der Waals surface area contributed by atoms with Crippen LogP contribution in [0.1, 0.15) is 180 Å². The maximum absolute atomic E-state index is 14.0. The number of rotatable bonds is 5. The summed E-state index contributed by atoms with van der Waals surface area (Å²) in [6.45, 7) is 2.52. The smallest absolute Gasteiger partial charge is 0.334 e. The average molecular weight is 515 g/mol. The summed E-state index contributed by atoms with van der Waals surface area (Å²) in [5, 5.41) is 0. The van der Waals surface area contributed by atoms with E-state index >= 15 is 0 Å². The number of esters is 1. The molecule has 0 aromatic heterocycles. The molecule has 3 aliphatic carbocycles. The van der Waals surface area contributed by atoms with Gasteiger partial charge in [0, 0.05) is 5.57 Å². The first-order valence-corrected chi connectivity index (χ1v) is 17.2. The van der Waals surface area contributed by atoms with Crippen molar-refractivity contribution in [3.8, 4) is 0 Å². The fraction of sp³-hybridized carbons (Fsp3) is 0.914. The van der Waals surface area contributed by atoms with Gasteiger partial charge in [0.05, 0.1) is 6.61 Å². The highest BCUT2D eigenvalue weighted by Gasteiger charge is 2.33. The Kier molecular flexibility index (Phi) is 16.0. The molecule has 2 nitrogen and oxygen atoms in total. The van der Waals surface area contributed by atoms with Gasteiger partial charge < -0.3 is 4.74 Å². The van der Waals surface area contributed by atoms with Gasteiger partial charge in [-0.15, -0.1) is 0 Å². The normalized spacial score (nSPS) is 24.0. The Morgan fingerprint density at radius 2 is 0.730 bits per heavy atom. The summed E-state index contributed by atoms with van der Waals surface area (Å²) in [6.07, 6.45) is 36.4. The molecule has 0 amide bonds. The molecule has 3 saturated carbocycles. The molecule has 0 heterocycles. The highest BCUT2D eigenvalue weighted by Crippen LogP contribution is 2.42. The molecule has 214 valence electrons. The van der Waals surface area contributed by atoms with Gasteiger partial charge in [-0.1, -0.05) is 140 Å². The maximum Gasteiger partial charge on any atom is 0.334 e. The first-order chi connectivity index (χ1) is 18.3. The van der Waals surface area contributed by atoms with Gasteiger partial charge in [-0.05, 0) is 63.2 Å². The van der Waals surface area contributed by atoms with Crippen molar-refractivity contribution in [2.24, 2.45) is 17.8 Å². The van der Waals surface area contributed by atoms with Crippen molar-refractivity contribution in [3.05, 3.63) is 11.1 Å². The van der Waals surface area contributed by atoms with Crippen LogP contribution in [0.25, 0.3) is 0 Å². The minimum atomic E-state index is 0.0775. The van der Waals surface area contributed by atoms with Gasteiger partial charge in [0.25, 0.3) is 0 Å². The summed E-state index contributed by atoms with van der Waals surface area (Å²) in [5.74, 6) is 1.73. The summed E-state index contributed by atoms with van der Waals surface area (Å²) in [7, 11) is 0. The highest BCUT2D eigenvalue weighted by atomic mass is 16.5. The molecule has 2 heteroatoms. The van der Waals surface area contributed by atoms with Crippen LogP contribution < -0.4 is 0 Å². The molecule has 37 heavy (non-hydrogen) atoms. The monoisotopic (exact) mass is 514 g/mol. The summed E-state index contributed by atoms with van der Waals surface area (Å²) in [4.78, 5) is 14.0. The Morgan fingerprint density at radius 3 is 1.03 bits per heavy atom. The average Bonchev–Trinajstić information content (AvgIpc) is 2.92. The van der Waals surface area contributed by atoms with Gasteiger partial charge in [0.1, 0.15) is 0 Å². The van der Waals surface area contributed by atoms with Crippen LogP contribution in [0.5, 0.6) is 0 Å². The van der Waals surface area contributed by atoms with E-state index in [1.54, 1.807) is 5.57 Å². The molecule has 0 bridgehead atoms. The minimum absolute atomic E-state index is 0.0775. The molecule has 0 aromatic rings. The second-order valence-corrected chi connectivity index (χ2v) is 12.8. The van der Waals surface area contributed by atoms with Crippen molar-refractivity contribution in [2.45, 2.75) is 180 Å². The SMILES string of the molecule is CCOC(=O)C(=C(C1CCCCCCCCC1)C1CCCCCCCCC1)C1CCCCCCCCC1. The van der Waals surface area contributed by atoms with Crippen LogP contribution in [0.3, 0.4) is 0 Å². The van der Waals surface area contributed by atoms with E-state index in [0.29, 0.717) is 24.4 Å². The van der Waals surface area contributed by atoms with Gasteiger partial charge in [-0.3, -0.25) is 0 Å². The zero-order valence-electron chi connectivity index (χ0n) is 24.8. The number of carbonyl (C=O) groups excluding carboxylic acids is 1. The van der Waals surface area contributed by atoms with E-state index in [9.17, 15) is 4.79 Å². The third kappa shape index (κ3) is 11.5. The van der Waals surface area contributed by atoms with E-state index in [-0.39, 0.29) is 5.97 Å². The van der Waals surface area contributed by atoms with Crippen LogP contribution in [-0.4, -0.2) is 12.6 Å². The summed E-state index contributed by atoms with van der Waals surface area (Å²) in [6, 6.07) is 0. The molecule has 0 aromatic carbocycles. The van der Waals surface area contributed by atoms with Crippen molar-refractivity contribution >= 4 is 5.97 Å². The molecular formula is C35H62O2. The molecular weight excluding hydrogens is 452 g/mol. The van der Waals surface area contributed by atoms with E-state index in [2.05, 4.69) is 0 Å². The molecule has 0 radical (unpaired) electrons. The van der Waals surface area contributed by atoms with Gasteiger partial charge in [-0.25, -0.2) is 4.79 Å². The Morgan fingerprint density at radius 1 is 0.459 bits per heavy atom. The molecule has 3 fully saturated rings. The zero-order valence-corrected chi connectivity index (χ0v) is 24.8. The largest absolute Gasteiger partial charge is 0.463 e. The quantitative estimate of drug-likeness (QED) is 0.269. The Labute approximate surface area is 231 Å². The van der Waals surface area contributed by atoms with Crippen LogP contribution in [0.4, 0.5) is 0 Å². The molecule has 0 saturated heterocycles. The maximum atomic E-state index is 14.0. The van der Waals surface area contributed by atoms with Crippen molar-refractivity contribution in [1.82, 2.24) is 0 Å². The first-order valence-electron chi connectivity index (χ1n) is 17.2. The summed E-state index contributed by atoms with van der Waals surface area (Å²) >= 11 is 0. The number of hydrogen-bond donors (Lipinski definition) is 0. The lowest BCUT2D eigenvalue weighted by molar-refractivity contribution is -0.139.